The lowest BCUT2D eigenvalue weighted by Crippen LogP contribution is -2.38. The molecule has 0 saturated heterocycles. The van der Waals surface area contributed by atoms with Gasteiger partial charge in [0.25, 0.3) is 0 Å². The smallest absolute Gasteiger partial charge is 0.246 e. The highest BCUT2D eigenvalue weighted by Gasteiger charge is 2.07. The van der Waals surface area contributed by atoms with Gasteiger partial charge in [0.1, 0.15) is 6.61 Å². The zero-order valence-electron chi connectivity index (χ0n) is 9.50. The van der Waals surface area contributed by atoms with Crippen molar-refractivity contribution in [3.63, 3.8) is 0 Å². The number of amides is 1. The summed E-state index contributed by atoms with van der Waals surface area (Å²) in [5.74, 6) is -0.0918. The van der Waals surface area contributed by atoms with Crippen LogP contribution in [-0.4, -0.2) is 37.9 Å². The van der Waals surface area contributed by atoms with Crippen LogP contribution in [0.3, 0.4) is 0 Å². The van der Waals surface area contributed by atoms with Crippen LogP contribution in [-0.2, 0) is 14.3 Å². The lowest BCUT2D eigenvalue weighted by Gasteiger charge is -2.14. The van der Waals surface area contributed by atoms with Gasteiger partial charge in [-0.3, -0.25) is 4.79 Å². The monoisotopic (exact) mass is 203 g/mol. The number of hydrogen-bond acceptors (Lipinski definition) is 3. The Hall–Kier alpha value is -0.610. The van der Waals surface area contributed by atoms with Gasteiger partial charge in [0.05, 0.1) is 12.7 Å². The first-order valence-corrected chi connectivity index (χ1v) is 5.05. The van der Waals surface area contributed by atoms with Gasteiger partial charge in [0.15, 0.2) is 0 Å². The number of ether oxygens (including phenoxy) is 2. The van der Waals surface area contributed by atoms with Crippen LogP contribution in [0.2, 0.25) is 0 Å². The molecule has 4 nitrogen and oxygen atoms in total. The molecule has 0 saturated carbocycles. The quantitative estimate of drug-likeness (QED) is 0.670. The van der Waals surface area contributed by atoms with Gasteiger partial charge in [0.2, 0.25) is 5.91 Å². The molecule has 84 valence electrons. The summed E-state index contributed by atoms with van der Waals surface area (Å²) >= 11 is 0. The van der Waals surface area contributed by atoms with Crippen LogP contribution in [0.15, 0.2) is 0 Å². The Balaban J connectivity index is 3.50. The number of rotatable bonds is 7. The topological polar surface area (TPSA) is 47.6 Å². The number of carbonyl (C=O) groups excluding carboxylic acids is 1. The van der Waals surface area contributed by atoms with E-state index >= 15 is 0 Å². The van der Waals surface area contributed by atoms with Crippen LogP contribution in [0.5, 0.6) is 0 Å². The fourth-order valence-corrected chi connectivity index (χ4v) is 0.895. The molecular weight excluding hydrogens is 182 g/mol. The van der Waals surface area contributed by atoms with Crippen molar-refractivity contribution >= 4 is 5.91 Å². The van der Waals surface area contributed by atoms with E-state index in [9.17, 15) is 4.79 Å². The molecule has 0 rings (SSSR count). The van der Waals surface area contributed by atoms with E-state index < -0.39 is 0 Å². The minimum absolute atomic E-state index is 0.0400. The van der Waals surface area contributed by atoms with E-state index in [1.807, 2.05) is 27.7 Å². The number of hydrogen-bond donors (Lipinski definition) is 1. The largest absolute Gasteiger partial charge is 0.380 e. The molecule has 14 heavy (non-hydrogen) atoms. The number of nitrogens with one attached hydrogen (secondary N) is 1. The van der Waals surface area contributed by atoms with Crippen molar-refractivity contribution < 1.29 is 14.3 Å². The van der Waals surface area contributed by atoms with Gasteiger partial charge >= 0.3 is 0 Å². The first-order chi connectivity index (χ1) is 6.56. The van der Waals surface area contributed by atoms with E-state index in [1.54, 1.807) is 0 Å². The highest BCUT2D eigenvalue weighted by Crippen LogP contribution is 1.88. The Morgan fingerprint density at radius 2 is 2.00 bits per heavy atom. The zero-order chi connectivity index (χ0) is 11.0. The Labute approximate surface area is 86.0 Å². The molecule has 0 aromatic heterocycles. The second kappa shape index (κ2) is 7.76. The lowest BCUT2D eigenvalue weighted by molar-refractivity contribution is -0.128. The normalized spacial score (nSPS) is 12.9. The van der Waals surface area contributed by atoms with Gasteiger partial charge in [0, 0.05) is 12.6 Å². The van der Waals surface area contributed by atoms with Gasteiger partial charge < -0.3 is 14.8 Å². The Bertz CT molecular complexity index is 159. The summed E-state index contributed by atoms with van der Waals surface area (Å²) < 4.78 is 10.3. The standard InChI is InChI=1S/C10H21NO3/c1-5-13-6-9(4)11-10(12)7-14-8(2)3/h8-9H,5-7H2,1-4H3,(H,11,12). The first-order valence-electron chi connectivity index (χ1n) is 5.05. The molecule has 0 aliphatic heterocycles. The molecule has 4 heteroatoms. The zero-order valence-corrected chi connectivity index (χ0v) is 9.50. The van der Waals surface area contributed by atoms with Crippen molar-refractivity contribution in [2.24, 2.45) is 0 Å². The average molecular weight is 203 g/mol. The van der Waals surface area contributed by atoms with Crippen LogP contribution in [0.1, 0.15) is 27.7 Å². The van der Waals surface area contributed by atoms with Gasteiger partial charge in [-0.05, 0) is 27.7 Å². The minimum Gasteiger partial charge on any atom is -0.380 e. The van der Waals surface area contributed by atoms with E-state index in [-0.39, 0.29) is 24.7 Å². The fraction of sp³-hybridized carbons (Fsp3) is 0.900. The maximum absolute atomic E-state index is 11.2. The van der Waals surface area contributed by atoms with E-state index in [4.69, 9.17) is 9.47 Å². The molecule has 1 unspecified atom stereocenters. The van der Waals surface area contributed by atoms with E-state index in [0.717, 1.165) is 0 Å². The maximum Gasteiger partial charge on any atom is 0.246 e. The number of carbonyl (C=O) groups is 1. The Kier molecular flexibility index (Phi) is 7.42. The molecule has 1 atom stereocenters. The third-order valence-corrected chi connectivity index (χ3v) is 1.53. The molecular formula is C10H21NO3. The lowest BCUT2D eigenvalue weighted by atomic mass is 10.3. The van der Waals surface area contributed by atoms with Crippen molar-refractivity contribution in [1.29, 1.82) is 0 Å². The predicted molar refractivity (Wildman–Crippen MR) is 55.2 cm³/mol. The molecule has 0 bridgehead atoms. The van der Waals surface area contributed by atoms with Crippen LogP contribution in [0.25, 0.3) is 0 Å². The summed E-state index contributed by atoms with van der Waals surface area (Å²) in [6, 6.07) is 0.0400. The molecule has 0 aliphatic carbocycles. The van der Waals surface area contributed by atoms with Crippen molar-refractivity contribution in [3.8, 4) is 0 Å². The summed E-state index contributed by atoms with van der Waals surface area (Å²) in [7, 11) is 0. The van der Waals surface area contributed by atoms with E-state index in [0.29, 0.717) is 13.2 Å². The van der Waals surface area contributed by atoms with E-state index in [1.165, 1.54) is 0 Å². The van der Waals surface area contributed by atoms with Gasteiger partial charge in [-0.2, -0.15) is 0 Å². The third-order valence-electron chi connectivity index (χ3n) is 1.53. The molecule has 0 aromatic carbocycles. The van der Waals surface area contributed by atoms with Crippen molar-refractivity contribution in [2.45, 2.75) is 39.8 Å². The SMILES string of the molecule is CCOCC(C)NC(=O)COC(C)C. The van der Waals surface area contributed by atoms with Crippen LogP contribution >= 0.6 is 0 Å². The maximum atomic E-state index is 11.2. The molecule has 0 fully saturated rings. The molecule has 0 aromatic rings. The molecule has 1 N–H and O–H groups in total. The fourth-order valence-electron chi connectivity index (χ4n) is 0.895. The average Bonchev–Trinajstić information content (AvgIpc) is 2.11. The molecule has 1 amide bonds. The van der Waals surface area contributed by atoms with Crippen molar-refractivity contribution in [1.82, 2.24) is 5.32 Å². The Morgan fingerprint density at radius 1 is 1.36 bits per heavy atom. The molecule has 0 heterocycles. The van der Waals surface area contributed by atoms with Crippen molar-refractivity contribution in [3.05, 3.63) is 0 Å². The van der Waals surface area contributed by atoms with Crippen LogP contribution in [0, 0.1) is 0 Å². The minimum atomic E-state index is -0.0918. The molecule has 0 aliphatic rings. The third kappa shape index (κ3) is 8.01. The van der Waals surface area contributed by atoms with E-state index in [2.05, 4.69) is 5.32 Å². The van der Waals surface area contributed by atoms with Gasteiger partial charge in [-0.25, -0.2) is 0 Å². The Morgan fingerprint density at radius 3 is 2.50 bits per heavy atom. The summed E-state index contributed by atoms with van der Waals surface area (Å²) in [6.45, 7) is 8.97. The molecule has 0 radical (unpaired) electrons. The van der Waals surface area contributed by atoms with Crippen molar-refractivity contribution in [2.75, 3.05) is 19.8 Å². The molecule has 0 spiro atoms. The van der Waals surface area contributed by atoms with Crippen LogP contribution < -0.4 is 5.32 Å². The summed E-state index contributed by atoms with van der Waals surface area (Å²) in [6.07, 6.45) is 0.0861. The second-order valence-electron chi connectivity index (χ2n) is 3.49. The highest BCUT2D eigenvalue weighted by atomic mass is 16.5. The predicted octanol–water partition coefficient (Wildman–Crippen LogP) is 0.953. The van der Waals surface area contributed by atoms with Gasteiger partial charge in [-0.15, -0.1) is 0 Å². The highest BCUT2D eigenvalue weighted by molar-refractivity contribution is 5.77. The van der Waals surface area contributed by atoms with Gasteiger partial charge in [-0.1, -0.05) is 0 Å². The first kappa shape index (κ1) is 13.4. The van der Waals surface area contributed by atoms with Crippen LogP contribution in [0.4, 0.5) is 0 Å². The summed E-state index contributed by atoms with van der Waals surface area (Å²) in [5.41, 5.74) is 0. The summed E-state index contributed by atoms with van der Waals surface area (Å²) in [4.78, 5) is 11.2. The summed E-state index contributed by atoms with van der Waals surface area (Å²) in [5, 5.41) is 2.78. The second-order valence-corrected chi connectivity index (χ2v) is 3.49.